The first kappa shape index (κ1) is 17.1. The van der Waals surface area contributed by atoms with Gasteiger partial charge >= 0.3 is 0 Å². The molecule has 4 heteroatoms. The number of Topliss-reactive ketones (excluding diaryl/α,β-unsaturated/α-hetero) is 1. The molecule has 112 valence electrons. The Morgan fingerprint density at radius 2 is 1.75 bits per heavy atom. The number of benzene rings is 1. The van der Waals surface area contributed by atoms with E-state index in [0.29, 0.717) is 17.9 Å². The van der Waals surface area contributed by atoms with Crippen LogP contribution in [0.1, 0.15) is 50.9 Å². The minimum absolute atomic E-state index is 0.130. The van der Waals surface area contributed by atoms with Crippen molar-refractivity contribution in [1.29, 1.82) is 0 Å². The second kappa shape index (κ2) is 7.19. The highest BCUT2D eigenvalue weighted by atomic mass is 35.5. The number of likely N-dealkylation sites (N-methyl/N-ethyl adjacent to an activating group) is 1. The van der Waals surface area contributed by atoms with Crippen molar-refractivity contribution in [3.63, 3.8) is 0 Å². The molecule has 0 N–H and O–H groups in total. The molecule has 1 aromatic rings. The molecule has 0 radical (unpaired) electrons. The number of nitrogens with zero attached hydrogens (tertiary/aromatic N) is 1. The fourth-order valence-electron chi connectivity index (χ4n) is 2.92. The summed E-state index contributed by atoms with van der Waals surface area (Å²) in [5.74, 6) is -0.693. The highest BCUT2D eigenvalue weighted by molar-refractivity contribution is 6.30. The first-order chi connectivity index (χ1) is 9.46. The lowest BCUT2D eigenvalue weighted by Gasteiger charge is -2.41. The van der Waals surface area contributed by atoms with E-state index in [1.165, 1.54) is 12.1 Å². The van der Waals surface area contributed by atoms with Crippen LogP contribution >= 0.6 is 11.6 Å². The first-order valence-electron chi connectivity index (χ1n) is 7.21. The standard InChI is InChI=1S/C16H23ClFNO/c1-5-16(6-2,19(7-3)8-4)15(20)13-10-9-12(17)11-14(13)18/h9-11H,5-8H2,1-4H3. The van der Waals surface area contributed by atoms with Gasteiger partial charge < -0.3 is 0 Å². The highest BCUT2D eigenvalue weighted by Crippen LogP contribution is 2.30. The van der Waals surface area contributed by atoms with Gasteiger partial charge in [0.1, 0.15) is 5.82 Å². The maximum atomic E-state index is 14.1. The minimum atomic E-state index is -0.641. The van der Waals surface area contributed by atoms with E-state index in [-0.39, 0.29) is 11.3 Å². The zero-order valence-corrected chi connectivity index (χ0v) is 13.4. The maximum Gasteiger partial charge on any atom is 0.185 e. The SMILES string of the molecule is CCN(CC)C(CC)(CC)C(=O)c1ccc(Cl)cc1F. The summed E-state index contributed by atoms with van der Waals surface area (Å²) in [6.45, 7) is 9.53. The number of carbonyl (C=O) groups excluding carboxylic acids is 1. The molecule has 0 aliphatic carbocycles. The zero-order chi connectivity index (χ0) is 15.3. The van der Waals surface area contributed by atoms with Gasteiger partial charge in [-0.15, -0.1) is 0 Å². The van der Waals surface area contributed by atoms with E-state index in [1.807, 2.05) is 27.7 Å². The van der Waals surface area contributed by atoms with E-state index < -0.39 is 11.4 Å². The van der Waals surface area contributed by atoms with E-state index in [4.69, 9.17) is 11.6 Å². The van der Waals surface area contributed by atoms with Crippen LogP contribution in [0.5, 0.6) is 0 Å². The van der Waals surface area contributed by atoms with Crippen molar-refractivity contribution < 1.29 is 9.18 Å². The van der Waals surface area contributed by atoms with Gasteiger partial charge in [0.2, 0.25) is 0 Å². The summed E-state index contributed by atoms with van der Waals surface area (Å²) < 4.78 is 14.1. The molecular weight excluding hydrogens is 277 g/mol. The van der Waals surface area contributed by atoms with Gasteiger partial charge in [-0.1, -0.05) is 39.3 Å². The Morgan fingerprint density at radius 1 is 1.20 bits per heavy atom. The highest BCUT2D eigenvalue weighted by Gasteiger charge is 2.40. The fourth-order valence-corrected chi connectivity index (χ4v) is 3.07. The van der Waals surface area contributed by atoms with Crippen molar-refractivity contribution in [3.8, 4) is 0 Å². The normalized spacial score (nSPS) is 11.9. The van der Waals surface area contributed by atoms with E-state index in [2.05, 4.69) is 4.90 Å². The molecule has 1 rings (SSSR count). The number of carbonyl (C=O) groups is 1. The second-order valence-corrected chi connectivity index (χ2v) is 5.30. The van der Waals surface area contributed by atoms with Crippen molar-refractivity contribution in [2.45, 2.75) is 46.1 Å². The zero-order valence-electron chi connectivity index (χ0n) is 12.7. The van der Waals surface area contributed by atoms with Gasteiger partial charge in [0.25, 0.3) is 0 Å². The summed E-state index contributed by atoms with van der Waals surface area (Å²) in [5, 5.41) is 0.306. The molecule has 0 aliphatic rings. The van der Waals surface area contributed by atoms with Crippen LogP contribution in [0, 0.1) is 5.82 Å². The van der Waals surface area contributed by atoms with Crippen LogP contribution in [0.25, 0.3) is 0 Å². The molecule has 0 aromatic heterocycles. The molecule has 0 heterocycles. The van der Waals surface area contributed by atoms with Crippen LogP contribution in [-0.2, 0) is 0 Å². The number of hydrogen-bond acceptors (Lipinski definition) is 2. The molecule has 0 saturated heterocycles. The van der Waals surface area contributed by atoms with Crippen molar-refractivity contribution in [1.82, 2.24) is 4.90 Å². The van der Waals surface area contributed by atoms with Crippen molar-refractivity contribution in [3.05, 3.63) is 34.6 Å². The molecule has 2 nitrogen and oxygen atoms in total. The summed E-state index contributed by atoms with van der Waals surface area (Å²) in [4.78, 5) is 15.0. The Balaban J connectivity index is 3.30. The van der Waals surface area contributed by atoms with Gasteiger partial charge in [0, 0.05) is 5.02 Å². The van der Waals surface area contributed by atoms with Crippen molar-refractivity contribution >= 4 is 17.4 Å². The molecule has 0 spiro atoms. The van der Waals surface area contributed by atoms with E-state index in [1.54, 1.807) is 6.07 Å². The molecule has 0 amide bonds. The molecule has 0 fully saturated rings. The number of hydrogen-bond donors (Lipinski definition) is 0. The molecular formula is C16H23ClFNO. The lowest BCUT2D eigenvalue weighted by Crippen LogP contribution is -2.54. The summed E-state index contributed by atoms with van der Waals surface area (Å²) in [7, 11) is 0. The second-order valence-electron chi connectivity index (χ2n) is 4.86. The largest absolute Gasteiger partial charge is 0.292 e. The summed E-state index contributed by atoms with van der Waals surface area (Å²) in [5.41, 5.74) is -0.511. The molecule has 0 atom stereocenters. The topological polar surface area (TPSA) is 20.3 Å². The van der Waals surface area contributed by atoms with Crippen LogP contribution in [0.3, 0.4) is 0 Å². The van der Waals surface area contributed by atoms with Gasteiger partial charge in [-0.25, -0.2) is 4.39 Å². The van der Waals surface area contributed by atoms with Gasteiger partial charge in [-0.3, -0.25) is 9.69 Å². The minimum Gasteiger partial charge on any atom is -0.292 e. The van der Waals surface area contributed by atoms with Gasteiger partial charge in [-0.05, 0) is 44.1 Å². The first-order valence-corrected chi connectivity index (χ1v) is 7.59. The summed E-state index contributed by atoms with van der Waals surface area (Å²) in [6.07, 6.45) is 1.32. The van der Waals surface area contributed by atoms with Crippen LogP contribution < -0.4 is 0 Å². The van der Waals surface area contributed by atoms with Crippen LogP contribution in [-0.4, -0.2) is 29.3 Å². The van der Waals surface area contributed by atoms with E-state index in [9.17, 15) is 9.18 Å². The third-order valence-electron chi connectivity index (χ3n) is 4.14. The molecule has 0 unspecified atom stereocenters. The molecule has 20 heavy (non-hydrogen) atoms. The lowest BCUT2D eigenvalue weighted by molar-refractivity contribution is 0.0530. The number of halogens is 2. The van der Waals surface area contributed by atoms with E-state index in [0.717, 1.165) is 13.1 Å². The van der Waals surface area contributed by atoms with E-state index >= 15 is 0 Å². The maximum absolute atomic E-state index is 14.1. The third-order valence-corrected chi connectivity index (χ3v) is 4.37. The Labute approximate surface area is 125 Å². The fraction of sp³-hybridized carbons (Fsp3) is 0.562. The van der Waals surface area contributed by atoms with Crippen molar-refractivity contribution in [2.24, 2.45) is 0 Å². The number of ketones is 1. The Kier molecular flexibility index (Phi) is 6.15. The predicted molar refractivity (Wildman–Crippen MR) is 82.0 cm³/mol. The molecule has 0 aliphatic heterocycles. The van der Waals surface area contributed by atoms with Gasteiger partial charge in [0.05, 0.1) is 11.1 Å². The molecule has 1 aromatic carbocycles. The Hall–Kier alpha value is -0.930. The monoisotopic (exact) mass is 299 g/mol. The predicted octanol–water partition coefficient (Wildman–Crippen LogP) is 4.56. The third kappa shape index (κ3) is 3.04. The Bertz CT molecular complexity index is 468. The molecule has 0 bridgehead atoms. The van der Waals surface area contributed by atoms with Crippen LogP contribution in [0.2, 0.25) is 5.02 Å². The van der Waals surface area contributed by atoms with Crippen LogP contribution in [0.15, 0.2) is 18.2 Å². The summed E-state index contributed by atoms with van der Waals surface area (Å²) >= 11 is 5.76. The Morgan fingerprint density at radius 3 is 2.15 bits per heavy atom. The lowest BCUT2D eigenvalue weighted by atomic mass is 9.82. The van der Waals surface area contributed by atoms with Gasteiger partial charge in [-0.2, -0.15) is 0 Å². The molecule has 0 saturated carbocycles. The van der Waals surface area contributed by atoms with Gasteiger partial charge in [0.15, 0.2) is 5.78 Å². The van der Waals surface area contributed by atoms with Crippen molar-refractivity contribution in [2.75, 3.05) is 13.1 Å². The average molecular weight is 300 g/mol. The summed E-state index contributed by atoms with van der Waals surface area (Å²) in [6, 6.07) is 4.26. The average Bonchev–Trinajstić information content (AvgIpc) is 2.44. The van der Waals surface area contributed by atoms with Crippen LogP contribution in [0.4, 0.5) is 4.39 Å². The smallest absolute Gasteiger partial charge is 0.185 e. The quantitative estimate of drug-likeness (QED) is 0.688. The number of rotatable bonds is 7.